The number of amidine groups is 1. The second-order valence-corrected chi connectivity index (χ2v) is 11.3. The van der Waals surface area contributed by atoms with E-state index in [-0.39, 0.29) is 29.2 Å². The molecule has 0 spiro atoms. The van der Waals surface area contributed by atoms with Crippen LogP contribution < -0.4 is 19.7 Å². The number of carbonyl (C=O) groups excluding carboxylic acids is 1. The summed E-state index contributed by atoms with van der Waals surface area (Å²) in [5, 5.41) is 4.02. The summed E-state index contributed by atoms with van der Waals surface area (Å²) < 4.78 is 35.5. The number of hydrogen-bond acceptors (Lipinski definition) is 8. The topological polar surface area (TPSA) is 97.3 Å². The third-order valence-electron chi connectivity index (χ3n) is 5.63. The standard InChI is InChI=1S/C22H24ClN3O5S2/c1-13-15(23)5-4-6-16(13)24-21(27)10-32-22-25-17-11-33(28,29)12-19(17)26(22)18-9-14(30-2)7-8-20(18)31-3/h4-9,17,19H,10-12H2,1-3H3,(H,24,27). The second kappa shape index (κ2) is 9.44. The number of sulfone groups is 1. The number of anilines is 2. The number of amides is 1. The van der Waals surface area contributed by atoms with Crippen LogP contribution in [0.5, 0.6) is 11.5 Å². The van der Waals surface area contributed by atoms with Crippen molar-refractivity contribution in [3.05, 3.63) is 47.0 Å². The van der Waals surface area contributed by atoms with E-state index in [1.165, 1.54) is 11.8 Å². The van der Waals surface area contributed by atoms with Crippen LogP contribution in [0.4, 0.5) is 11.4 Å². The normalized spacial score (nSPS) is 20.8. The van der Waals surface area contributed by atoms with Gasteiger partial charge in [0.05, 0.1) is 49.2 Å². The van der Waals surface area contributed by atoms with E-state index in [4.69, 9.17) is 21.1 Å². The number of rotatable bonds is 6. The Bertz CT molecular complexity index is 1220. The van der Waals surface area contributed by atoms with Gasteiger partial charge in [0.15, 0.2) is 15.0 Å². The molecule has 11 heteroatoms. The van der Waals surface area contributed by atoms with Gasteiger partial charge in [0, 0.05) is 16.8 Å². The lowest BCUT2D eigenvalue weighted by Gasteiger charge is -2.28. The van der Waals surface area contributed by atoms with Crippen LogP contribution in [0.1, 0.15) is 5.56 Å². The quantitative estimate of drug-likeness (QED) is 0.637. The maximum absolute atomic E-state index is 12.7. The molecule has 1 N–H and O–H groups in total. The van der Waals surface area contributed by atoms with E-state index in [0.717, 1.165) is 5.56 Å². The number of benzene rings is 2. The summed E-state index contributed by atoms with van der Waals surface area (Å²) in [5.41, 5.74) is 2.09. The van der Waals surface area contributed by atoms with Crippen LogP contribution in [0.3, 0.4) is 0 Å². The van der Waals surface area contributed by atoms with Gasteiger partial charge in [-0.3, -0.25) is 9.79 Å². The third kappa shape index (κ3) is 4.92. The maximum Gasteiger partial charge on any atom is 0.234 e. The van der Waals surface area contributed by atoms with Crippen LogP contribution in [0.15, 0.2) is 41.4 Å². The summed E-state index contributed by atoms with van der Waals surface area (Å²) in [7, 11) is -0.0974. The highest BCUT2D eigenvalue weighted by Crippen LogP contribution is 2.41. The summed E-state index contributed by atoms with van der Waals surface area (Å²) in [4.78, 5) is 19.2. The van der Waals surface area contributed by atoms with Gasteiger partial charge in [-0.05, 0) is 36.8 Å². The van der Waals surface area contributed by atoms with Crippen molar-refractivity contribution in [2.75, 3.05) is 41.7 Å². The molecule has 1 amide bonds. The molecule has 0 bridgehead atoms. The second-order valence-electron chi connectivity index (χ2n) is 7.78. The molecule has 176 valence electrons. The van der Waals surface area contributed by atoms with Gasteiger partial charge < -0.3 is 19.7 Å². The van der Waals surface area contributed by atoms with Gasteiger partial charge in [-0.15, -0.1) is 0 Å². The number of aliphatic imine (C=N–C) groups is 1. The molecule has 0 aromatic heterocycles. The molecule has 1 saturated heterocycles. The zero-order valence-corrected chi connectivity index (χ0v) is 20.8. The van der Waals surface area contributed by atoms with Gasteiger partial charge >= 0.3 is 0 Å². The number of ether oxygens (including phenoxy) is 2. The van der Waals surface area contributed by atoms with Crippen molar-refractivity contribution in [2.45, 2.75) is 19.0 Å². The van der Waals surface area contributed by atoms with E-state index in [9.17, 15) is 13.2 Å². The molecule has 0 radical (unpaired) electrons. The van der Waals surface area contributed by atoms with Gasteiger partial charge in [-0.25, -0.2) is 8.42 Å². The van der Waals surface area contributed by atoms with Crippen molar-refractivity contribution in [3.8, 4) is 11.5 Å². The molecule has 1 fully saturated rings. The summed E-state index contributed by atoms with van der Waals surface area (Å²) >= 11 is 7.40. The molecule has 2 aromatic carbocycles. The van der Waals surface area contributed by atoms with E-state index >= 15 is 0 Å². The van der Waals surface area contributed by atoms with E-state index in [1.807, 2.05) is 11.8 Å². The molecule has 2 unspecified atom stereocenters. The molecule has 2 aromatic rings. The molecule has 0 aliphatic carbocycles. The number of methoxy groups -OCH3 is 2. The van der Waals surface area contributed by atoms with E-state index in [2.05, 4.69) is 10.3 Å². The smallest absolute Gasteiger partial charge is 0.234 e. The molecule has 8 nitrogen and oxygen atoms in total. The zero-order valence-electron chi connectivity index (χ0n) is 18.4. The first-order valence-corrected chi connectivity index (χ1v) is 13.4. The third-order valence-corrected chi connectivity index (χ3v) is 8.70. The zero-order chi connectivity index (χ0) is 23.8. The van der Waals surface area contributed by atoms with Crippen LogP contribution in [-0.2, 0) is 14.6 Å². The molecule has 2 heterocycles. The van der Waals surface area contributed by atoms with Gasteiger partial charge in [0.1, 0.15) is 11.5 Å². The number of hydrogen-bond donors (Lipinski definition) is 1. The number of fused-ring (bicyclic) bond motifs is 1. The summed E-state index contributed by atoms with van der Waals surface area (Å²) in [6, 6.07) is 9.90. The Morgan fingerprint density at radius 3 is 2.76 bits per heavy atom. The highest BCUT2D eigenvalue weighted by molar-refractivity contribution is 8.14. The Morgan fingerprint density at radius 2 is 2.03 bits per heavy atom. The van der Waals surface area contributed by atoms with E-state index in [1.54, 1.807) is 50.6 Å². The van der Waals surface area contributed by atoms with Crippen LogP contribution in [0.25, 0.3) is 0 Å². The van der Waals surface area contributed by atoms with Crippen LogP contribution in [0.2, 0.25) is 5.02 Å². The number of nitrogens with zero attached hydrogens (tertiary/aromatic N) is 2. The monoisotopic (exact) mass is 509 g/mol. The maximum atomic E-state index is 12.7. The van der Waals surface area contributed by atoms with Crippen molar-refractivity contribution in [1.82, 2.24) is 0 Å². The molecular weight excluding hydrogens is 486 g/mol. The van der Waals surface area contributed by atoms with Crippen LogP contribution >= 0.6 is 23.4 Å². The molecule has 0 saturated carbocycles. The summed E-state index contributed by atoms with van der Waals surface area (Å²) in [5.74, 6) is 1.02. The van der Waals surface area contributed by atoms with Crippen molar-refractivity contribution in [2.24, 2.45) is 4.99 Å². The SMILES string of the molecule is COc1ccc(OC)c(N2C(SCC(=O)Nc3cccc(Cl)c3C)=NC3CS(=O)(=O)CC32)c1. The molecule has 4 rings (SSSR count). The fraction of sp³-hybridized carbons (Fsp3) is 0.364. The predicted octanol–water partition coefficient (Wildman–Crippen LogP) is 3.38. The minimum Gasteiger partial charge on any atom is -0.497 e. The van der Waals surface area contributed by atoms with Crippen LogP contribution in [-0.4, -0.2) is 63.1 Å². The Balaban J connectivity index is 1.58. The summed E-state index contributed by atoms with van der Waals surface area (Å²) in [6.45, 7) is 1.84. The first-order valence-electron chi connectivity index (χ1n) is 10.2. The van der Waals surface area contributed by atoms with Gasteiger partial charge in [0.2, 0.25) is 5.91 Å². The Kier molecular flexibility index (Phi) is 6.78. The lowest BCUT2D eigenvalue weighted by molar-refractivity contribution is -0.113. The first kappa shape index (κ1) is 23.7. The lowest BCUT2D eigenvalue weighted by atomic mass is 10.1. The average molecular weight is 510 g/mol. The number of halogens is 1. The Labute approximate surface area is 202 Å². The van der Waals surface area contributed by atoms with E-state index in [0.29, 0.717) is 33.1 Å². The minimum atomic E-state index is -3.21. The molecule has 33 heavy (non-hydrogen) atoms. The minimum absolute atomic E-state index is 0.0144. The number of carbonyl (C=O) groups is 1. The van der Waals surface area contributed by atoms with Crippen molar-refractivity contribution in [1.29, 1.82) is 0 Å². The highest BCUT2D eigenvalue weighted by atomic mass is 35.5. The highest BCUT2D eigenvalue weighted by Gasteiger charge is 2.48. The average Bonchev–Trinajstić information content (AvgIpc) is 3.25. The molecule has 2 aliphatic heterocycles. The van der Waals surface area contributed by atoms with Gasteiger partial charge in [0.25, 0.3) is 0 Å². The fourth-order valence-corrected chi connectivity index (χ4v) is 6.89. The van der Waals surface area contributed by atoms with Crippen molar-refractivity contribution >= 4 is 55.6 Å². The van der Waals surface area contributed by atoms with Crippen LogP contribution in [0, 0.1) is 6.92 Å². The fourth-order valence-electron chi connectivity index (χ4n) is 3.96. The molecule has 2 atom stereocenters. The summed E-state index contributed by atoms with van der Waals surface area (Å²) in [6.07, 6.45) is 0. The molecule has 2 aliphatic rings. The van der Waals surface area contributed by atoms with Gasteiger partial charge in [-0.2, -0.15) is 0 Å². The van der Waals surface area contributed by atoms with Gasteiger partial charge in [-0.1, -0.05) is 29.4 Å². The van der Waals surface area contributed by atoms with Crippen molar-refractivity contribution in [3.63, 3.8) is 0 Å². The Morgan fingerprint density at radius 1 is 1.24 bits per heavy atom. The Hall–Kier alpha value is -2.43. The largest absolute Gasteiger partial charge is 0.497 e. The predicted molar refractivity (Wildman–Crippen MR) is 133 cm³/mol. The lowest BCUT2D eigenvalue weighted by Crippen LogP contribution is -2.39. The number of thioether (sulfide) groups is 1. The molecular formula is C22H24ClN3O5S2. The number of nitrogens with one attached hydrogen (secondary N) is 1. The van der Waals surface area contributed by atoms with Crippen molar-refractivity contribution < 1.29 is 22.7 Å². The first-order chi connectivity index (χ1) is 15.7. The van der Waals surface area contributed by atoms with E-state index < -0.39 is 15.9 Å².